The first-order valence-corrected chi connectivity index (χ1v) is 15.4. The lowest BCUT2D eigenvalue weighted by atomic mass is 9.43. The molecule has 0 aliphatic heterocycles. The summed E-state index contributed by atoms with van der Waals surface area (Å²) in [7, 11) is -4.37. The molecular weight excluding hydrogens is 466 g/mol. The number of nitrogens with one attached hydrogen (secondary N) is 1. The van der Waals surface area contributed by atoms with Gasteiger partial charge in [-0.25, -0.2) is 8.42 Å². The van der Waals surface area contributed by atoms with E-state index in [-0.39, 0.29) is 34.9 Å². The van der Waals surface area contributed by atoms with Crippen LogP contribution >= 0.6 is 0 Å². The van der Waals surface area contributed by atoms with Gasteiger partial charge in [0.2, 0.25) is 5.91 Å². The smallest absolute Gasteiger partial charge is 0.220 e. The molecule has 3 N–H and O–H groups in total. The Kier molecular flexibility index (Phi) is 7.72. The molecular formula is C27H46NO6S-. The number of carbonyl (C=O) groups is 1. The molecule has 4 saturated carbocycles. The van der Waals surface area contributed by atoms with Gasteiger partial charge >= 0.3 is 0 Å². The molecule has 0 saturated heterocycles. The molecule has 8 heteroatoms. The Morgan fingerprint density at radius 1 is 1.06 bits per heavy atom. The van der Waals surface area contributed by atoms with Crippen molar-refractivity contribution in [3.63, 3.8) is 0 Å². The van der Waals surface area contributed by atoms with E-state index in [2.05, 4.69) is 26.1 Å². The molecule has 0 unspecified atom stereocenters. The van der Waals surface area contributed by atoms with Crippen molar-refractivity contribution < 1.29 is 28.0 Å². The van der Waals surface area contributed by atoms with E-state index in [0.717, 1.165) is 38.5 Å². The quantitative estimate of drug-likeness (QED) is 0.449. The predicted molar refractivity (Wildman–Crippen MR) is 133 cm³/mol. The van der Waals surface area contributed by atoms with E-state index in [1.54, 1.807) is 0 Å². The number of aliphatic hydroxyl groups excluding tert-OH is 2. The molecule has 7 nitrogen and oxygen atoms in total. The Labute approximate surface area is 211 Å². The van der Waals surface area contributed by atoms with E-state index in [9.17, 15) is 28.0 Å². The molecule has 0 spiro atoms. The molecule has 1 amide bonds. The maximum atomic E-state index is 12.4. The number of hydrogen-bond acceptors (Lipinski definition) is 6. The van der Waals surface area contributed by atoms with Crippen LogP contribution in [0.25, 0.3) is 0 Å². The van der Waals surface area contributed by atoms with Gasteiger partial charge in [0.1, 0.15) is 0 Å². The average molecular weight is 513 g/mol. The van der Waals surface area contributed by atoms with E-state index >= 15 is 0 Å². The van der Waals surface area contributed by atoms with Crippen LogP contribution in [0.4, 0.5) is 0 Å². The lowest BCUT2D eigenvalue weighted by Crippen LogP contribution is -2.58. The van der Waals surface area contributed by atoms with E-state index in [4.69, 9.17) is 0 Å². The first kappa shape index (κ1) is 27.3. The highest BCUT2D eigenvalue weighted by Crippen LogP contribution is 2.68. The van der Waals surface area contributed by atoms with Crippen LogP contribution in [0.5, 0.6) is 0 Å². The van der Waals surface area contributed by atoms with Crippen LogP contribution in [0.3, 0.4) is 0 Å². The Balaban J connectivity index is 1.40. The summed E-state index contributed by atoms with van der Waals surface area (Å²) in [5.41, 5.74) is 0.0822. The zero-order valence-corrected chi connectivity index (χ0v) is 22.7. The first-order chi connectivity index (χ1) is 16.3. The second-order valence-electron chi connectivity index (χ2n) is 13.1. The van der Waals surface area contributed by atoms with Gasteiger partial charge in [-0.05, 0) is 111 Å². The van der Waals surface area contributed by atoms with Gasteiger partial charge in [0, 0.05) is 12.5 Å². The fraction of sp³-hybridized carbons (Fsp3) is 0.963. The standard InChI is InChI=1S/C27H47NO6S/c1-16(5-10-25(31)28-17(2)15-35(32,33)34)21-8-9-22-20-7-6-18-13-19(29)11-12-26(18,3)23(20)14-24(30)27(21,22)4/h16-24,29-30H,5-15H2,1-4H3,(H,28,31)(H,32,33,34)/p-1/t16-,17-,18-,19-,20+,21-,22+,23+,24+,26+,27-/m1/s1. The highest BCUT2D eigenvalue weighted by atomic mass is 32.2. The molecule has 4 rings (SSSR count). The predicted octanol–water partition coefficient (Wildman–Crippen LogP) is 3.44. The Bertz CT molecular complexity index is 894. The number of aliphatic hydroxyl groups is 2. The Morgan fingerprint density at radius 2 is 1.77 bits per heavy atom. The topological polar surface area (TPSA) is 127 Å². The van der Waals surface area contributed by atoms with Crippen molar-refractivity contribution in [1.82, 2.24) is 5.32 Å². The molecule has 4 aliphatic carbocycles. The van der Waals surface area contributed by atoms with E-state index in [1.165, 1.54) is 19.8 Å². The van der Waals surface area contributed by atoms with Gasteiger partial charge < -0.3 is 20.1 Å². The van der Waals surface area contributed by atoms with Gasteiger partial charge in [-0.1, -0.05) is 20.8 Å². The summed E-state index contributed by atoms with van der Waals surface area (Å²) in [5.74, 6) is 2.05. The molecule has 4 fully saturated rings. The number of fused-ring (bicyclic) bond motifs is 5. The third-order valence-electron chi connectivity index (χ3n) is 11.2. The van der Waals surface area contributed by atoms with Gasteiger partial charge in [0.05, 0.1) is 28.1 Å². The van der Waals surface area contributed by atoms with Gasteiger partial charge in [0.25, 0.3) is 0 Å². The minimum absolute atomic E-state index is 0.141. The number of amides is 1. The van der Waals surface area contributed by atoms with Crippen LogP contribution < -0.4 is 5.32 Å². The van der Waals surface area contributed by atoms with Crippen LogP contribution in [0.2, 0.25) is 0 Å². The normalized spacial score (nSPS) is 45.1. The van der Waals surface area contributed by atoms with Gasteiger partial charge in [-0.2, -0.15) is 0 Å². The monoisotopic (exact) mass is 512 g/mol. The van der Waals surface area contributed by atoms with E-state index < -0.39 is 21.9 Å². The summed E-state index contributed by atoms with van der Waals surface area (Å²) in [5, 5.41) is 24.6. The zero-order chi connectivity index (χ0) is 25.8. The molecule has 35 heavy (non-hydrogen) atoms. The SMILES string of the molecule is C[C@H](CS(=O)(=O)[O-])NC(=O)CC[C@@H](C)[C@H]1CC[C@H]2[C@@H]3CC[C@@H]4C[C@H](O)CC[C@]4(C)[C@H]3C[C@H](O)[C@]12C. The Morgan fingerprint density at radius 3 is 2.46 bits per heavy atom. The summed E-state index contributed by atoms with van der Waals surface area (Å²) >= 11 is 0. The largest absolute Gasteiger partial charge is 0.748 e. The summed E-state index contributed by atoms with van der Waals surface area (Å²) < 4.78 is 32.8. The lowest BCUT2D eigenvalue weighted by molar-refractivity contribution is -0.174. The molecule has 0 heterocycles. The second kappa shape index (κ2) is 9.88. The van der Waals surface area contributed by atoms with Gasteiger partial charge in [0.15, 0.2) is 0 Å². The fourth-order valence-corrected chi connectivity index (χ4v) is 10.1. The fourth-order valence-electron chi connectivity index (χ4n) is 9.41. The number of hydrogen-bond donors (Lipinski definition) is 3. The summed E-state index contributed by atoms with van der Waals surface area (Å²) in [6.07, 6.45) is 8.80. The third kappa shape index (κ3) is 5.19. The minimum atomic E-state index is -4.37. The van der Waals surface area contributed by atoms with Crippen molar-refractivity contribution in [3.8, 4) is 0 Å². The van der Waals surface area contributed by atoms with Crippen molar-refractivity contribution >= 4 is 16.0 Å². The van der Waals surface area contributed by atoms with E-state index in [1.807, 2.05) is 0 Å². The van der Waals surface area contributed by atoms with Crippen molar-refractivity contribution in [1.29, 1.82) is 0 Å². The van der Waals surface area contributed by atoms with Crippen LogP contribution in [-0.4, -0.2) is 53.1 Å². The third-order valence-corrected chi connectivity index (χ3v) is 12.1. The van der Waals surface area contributed by atoms with Crippen LogP contribution in [-0.2, 0) is 14.9 Å². The van der Waals surface area contributed by atoms with Crippen molar-refractivity contribution in [2.24, 2.45) is 46.3 Å². The minimum Gasteiger partial charge on any atom is -0.748 e. The number of rotatable bonds is 7. The second-order valence-corrected chi connectivity index (χ2v) is 14.5. The Hall–Kier alpha value is -0.700. The van der Waals surface area contributed by atoms with Crippen LogP contribution in [0.1, 0.15) is 91.9 Å². The molecule has 0 aromatic rings. The summed E-state index contributed by atoms with van der Waals surface area (Å²) in [6, 6.07) is -0.692. The molecule has 0 bridgehead atoms. The molecule has 202 valence electrons. The zero-order valence-electron chi connectivity index (χ0n) is 21.9. The van der Waals surface area contributed by atoms with Gasteiger partial charge in [-0.3, -0.25) is 4.79 Å². The van der Waals surface area contributed by atoms with Crippen molar-refractivity contribution in [2.45, 2.75) is 110 Å². The molecule has 0 aromatic carbocycles. The summed E-state index contributed by atoms with van der Waals surface area (Å²) in [4.78, 5) is 12.4. The van der Waals surface area contributed by atoms with Gasteiger partial charge in [-0.15, -0.1) is 0 Å². The molecule has 0 aromatic heterocycles. The van der Waals surface area contributed by atoms with Crippen LogP contribution in [0, 0.1) is 46.3 Å². The maximum Gasteiger partial charge on any atom is 0.220 e. The molecule has 0 radical (unpaired) electrons. The van der Waals surface area contributed by atoms with Crippen molar-refractivity contribution in [3.05, 3.63) is 0 Å². The maximum absolute atomic E-state index is 12.4. The summed E-state index contributed by atoms with van der Waals surface area (Å²) in [6.45, 7) is 8.46. The number of carbonyl (C=O) groups excluding carboxylic acids is 1. The van der Waals surface area contributed by atoms with Crippen LogP contribution in [0.15, 0.2) is 0 Å². The molecule has 4 aliphatic rings. The molecule has 11 atom stereocenters. The first-order valence-electron chi connectivity index (χ1n) is 13.8. The van der Waals surface area contributed by atoms with E-state index in [0.29, 0.717) is 42.4 Å². The lowest BCUT2D eigenvalue weighted by Gasteiger charge is -2.62. The van der Waals surface area contributed by atoms with Crippen molar-refractivity contribution in [2.75, 3.05) is 5.75 Å². The highest BCUT2D eigenvalue weighted by Gasteiger charge is 2.63. The highest BCUT2D eigenvalue weighted by molar-refractivity contribution is 7.85. The average Bonchev–Trinajstić information content (AvgIpc) is 3.11.